The topological polar surface area (TPSA) is 117 Å². The number of nitriles is 1. The molecule has 0 spiro atoms. The maximum absolute atomic E-state index is 13.4. The molecule has 3 aromatic rings. The molecule has 1 aliphatic carbocycles. The molecule has 39 heavy (non-hydrogen) atoms. The number of aliphatic hydroxyl groups excluding tert-OH is 1. The first kappa shape index (κ1) is 25.3. The highest BCUT2D eigenvalue weighted by Gasteiger charge is 2.36. The summed E-state index contributed by atoms with van der Waals surface area (Å²) in [5.74, 6) is 0.462. The Balaban J connectivity index is 1.24. The van der Waals surface area contributed by atoms with Crippen LogP contribution in [0.4, 0.5) is 17.3 Å². The van der Waals surface area contributed by atoms with E-state index in [9.17, 15) is 15.2 Å². The van der Waals surface area contributed by atoms with Crippen molar-refractivity contribution in [1.82, 2.24) is 19.8 Å². The fourth-order valence-electron chi connectivity index (χ4n) is 5.67. The smallest absolute Gasteiger partial charge is 0.254 e. The number of hydrogen-bond acceptors (Lipinski definition) is 8. The number of anilines is 3. The molecule has 1 aromatic heterocycles. The van der Waals surface area contributed by atoms with E-state index in [2.05, 4.69) is 26.6 Å². The van der Waals surface area contributed by atoms with Crippen molar-refractivity contribution in [2.75, 3.05) is 50.0 Å². The summed E-state index contributed by atoms with van der Waals surface area (Å²) in [6.07, 6.45) is 4.25. The first-order valence-electron chi connectivity index (χ1n) is 13.6. The number of amides is 1. The highest BCUT2D eigenvalue weighted by molar-refractivity contribution is 5.97. The van der Waals surface area contributed by atoms with E-state index in [-0.39, 0.29) is 12.5 Å². The number of piperazine rings is 1. The third-order valence-corrected chi connectivity index (χ3v) is 8.34. The van der Waals surface area contributed by atoms with E-state index in [0.29, 0.717) is 29.3 Å². The molecule has 3 aliphatic rings. The van der Waals surface area contributed by atoms with Gasteiger partial charge >= 0.3 is 0 Å². The lowest BCUT2D eigenvalue weighted by molar-refractivity contribution is 0.0626. The minimum absolute atomic E-state index is 0.0254. The highest BCUT2D eigenvalue weighted by atomic mass is 16.3. The van der Waals surface area contributed by atoms with Crippen molar-refractivity contribution in [3.05, 3.63) is 64.8 Å². The highest BCUT2D eigenvalue weighted by Crippen LogP contribution is 2.41. The fraction of sp³-hybridized carbons (Fsp3) is 0.400. The molecular formula is C30H33N7O2. The molecule has 1 amide bonds. The Kier molecular flexibility index (Phi) is 6.45. The van der Waals surface area contributed by atoms with E-state index >= 15 is 0 Å². The molecule has 9 heteroatoms. The van der Waals surface area contributed by atoms with Gasteiger partial charge in [0.1, 0.15) is 6.07 Å². The molecule has 1 atom stereocenters. The van der Waals surface area contributed by atoms with Gasteiger partial charge in [-0.2, -0.15) is 5.26 Å². The van der Waals surface area contributed by atoms with Gasteiger partial charge < -0.3 is 20.6 Å². The van der Waals surface area contributed by atoms with Gasteiger partial charge in [0.25, 0.3) is 5.91 Å². The molecule has 1 saturated carbocycles. The predicted molar refractivity (Wildman–Crippen MR) is 150 cm³/mol. The number of aromatic nitrogens is 2. The van der Waals surface area contributed by atoms with E-state index in [1.807, 2.05) is 49.1 Å². The summed E-state index contributed by atoms with van der Waals surface area (Å²) < 4.78 is 0. The summed E-state index contributed by atoms with van der Waals surface area (Å²) in [5.41, 5.74) is 5.50. The molecule has 2 fully saturated rings. The van der Waals surface area contributed by atoms with E-state index in [4.69, 9.17) is 4.98 Å². The SMILES string of the molecule is Cc1c(Nc2nccc(-c3cc(C#N)c4c(c3)[C@@](C)(CO)CN4)n2)cccc1C(=O)N1CCN(C2CC2)CC1. The molecule has 2 aliphatic heterocycles. The summed E-state index contributed by atoms with van der Waals surface area (Å²) in [7, 11) is 0. The number of nitrogens with one attached hydrogen (secondary N) is 2. The van der Waals surface area contributed by atoms with Gasteiger partial charge in [0.15, 0.2) is 0 Å². The van der Waals surface area contributed by atoms with Gasteiger partial charge in [-0.25, -0.2) is 9.97 Å². The van der Waals surface area contributed by atoms with Gasteiger partial charge in [-0.3, -0.25) is 9.69 Å². The van der Waals surface area contributed by atoms with Crippen molar-refractivity contribution in [1.29, 1.82) is 5.26 Å². The van der Waals surface area contributed by atoms with Crippen LogP contribution < -0.4 is 10.6 Å². The number of nitrogens with zero attached hydrogens (tertiary/aromatic N) is 5. The first-order valence-corrected chi connectivity index (χ1v) is 13.6. The van der Waals surface area contributed by atoms with Crippen molar-refractivity contribution >= 4 is 23.2 Å². The lowest BCUT2D eigenvalue weighted by atomic mass is 9.83. The lowest BCUT2D eigenvalue weighted by Gasteiger charge is -2.35. The third-order valence-electron chi connectivity index (χ3n) is 8.34. The Bertz CT molecular complexity index is 1470. The van der Waals surface area contributed by atoms with Gasteiger partial charge in [-0.15, -0.1) is 0 Å². The molecular weight excluding hydrogens is 490 g/mol. The van der Waals surface area contributed by atoms with Crippen LogP contribution in [0.1, 0.15) is 46.8 Å². The second-order valence-electron chi connectivity index (χ2n) is 11.1. The molecule has 6 rings (SSSR count). The Morgan fingerprint density at radius 3 is 2.74 bits per heavy atom. The van der Waals surface area contributed by atoms with Crippen LogP contribution in [0.5, 0.6) is 0 Å². The van der Waals surface area contributed by atoms with Crippen LogP contribution >= 0.6 is 0 Å². The molecule has 2 aromatic carbocycles. The average molecular weight is 524 g/mol. The van der Waals surface area contributed by atoms with Crippen LogP contribution in [0.15, 0.2) is 42.6 Å². The maximum atomic E-state index is 13.4. The Labute approximate surface area is 228 Å². The summed E-state index contributed by atoms with van der Waals surface area (Å²) in [6.45, 7) is 7.87. The van der Waals surface area contributed by atoms with Crippen LogP contribution in [-0.4, -0.2) is 76.2 Å². The van der Waals surface area contributed by atoms with Gasteiger partial charge in [0.2, 0.25) is 5.95 Å². The number of hydrogen-bond donors (Lipinski definition) is 3. The molecule has 9 nitrogen and oxygen atoms in total. The predicted octanol–water partition coefficient (Wildman–Crippen LogP) is 3.66. The number of benzene rings is 2. The second kappa shape index (κ2) is 9.95. The zero-order valence-electron chi connectivity index (χ0n) is 22.4. The largest absolute Gasteiger partial charge is 0.395 e. The second-order valence-corrected chi connectivity index (χ2v) is 11.1. The number of carbonyl (C=O) groups is 1. The van der Waals surface area contributed by atoms with E-state index in [0.717, 1.165) is 60.3 Å². The van der Waals surface area contributed by atoms with E-state index in [1.54, 1.807) is 12.3 Å². The first-order chi connectivity index (χ1) is 18.9. The minimum Gasteiger partial charge on any atom is -0.395 e. The summed E-state index contributed by atoms with van der Waals surface area (Å²) in [6, 6.07) is 14.3. The van der Waals surface area contributed by atoms with Crippen LogP contribution in [0, 0.1) is 18.3 Å². The lowest BCUT2D eigenvalue weighted by Crippen LogP contribution is -2.49. The van der Waals surface area contributed by atoms with Crippen LogP contribution in [0.2, 0.25) is 0 Å². The molecule has 3 heterocycles. The van der Waals surface area contributed by atoms with Crippen LogP contribution in [-0.2, 0) is 5.41 Å². The molecule has 0 bridgehead atoms. The Morgan fingerprint density at radius 2 is 2.03 bits per heavy atom. The maximum Gasteiger partial charge on any atom is 0.254 e. The van der Waals surface area contributed by atoms with Gasteiger partial charge in [-0.1, -0.05) is 13.0 Å². The van der Waals surface area contributed by atoms with Gasteiger partial charge in [-0.05, 0) is 61.2 Å². The Hall–Kier alpha value is -4.00. The van der Waals surface area contributed by atoms with Crippen molar-refractivity contribution in [3.8, 4) is 17.3 Å². The monoisotopic (exact) mass is 523 g/mol. The molecule has 0 unspecified atom stereocenters. The van der Waals surface area contributed by atoms with E-state index in [1.165, 1.54) is 12.8 Å². The van der Waals surface area contributed by atoms with E-state index < -0.39 is 5.41 Å². The molecule has 200 valence electrons. The number of rotatable bonds is 6. The zero-order valence-corrected chi connectivity index (χ0v) is 22.4. The molecule has 3 N–H and O–H groups in total. The van der Waals surface area contributed by atoms with Crippen molar-refractivity contribution in [2.24, 2.45) is 0 Å². The summed E-state index contributed by atoms with van der Waals surface area (Å²) >= 11 is 0. The Morgan fingerprint density at radius 1 is 1.23 bits per heavy atom. The van der Waals surface area contributed by atoms with Crippen molar-refractivity contribution in [2.45, 2.75) is 38.1 Å². The summed E-state index contributed by atoms with van der Waals surface area (Å²) in [4.78, 5) is 27.0. The van der Waals surface area contributed by atoms with Crippen LogP contribution in [0.25, 0.3) is 11.3 Å². The normalized spacial score (nSPS) is 20.7. The van der Waals surface area contributed by atoms with Crippen LogP contribution in [0.3, 0.4) is 0 Å². The standard InChI is InChI=1S/C30H33N7O2/c1-19-23(28(39)37-12-10-36(11-13-37)22-6-7-22)4-3-5-25(19)34-29-32-9-8-26(35-29)20-14-21(16-31)27-24(15-20)30(2,18-38)17-33-27/h3-5,8-9,14-15,22,33,38H,6-7,10-13,17-18H2,1-2H3,(H,32,34,35)/t30-/m1/s1. The average Bonchev–Trinajstić information content (AvgIpc) is 3.77. The quantitative estimate of drug-likeness (QED) is 0.448. The third kappa shape index (κ3) is 4.71. The fourth-order valence-corrected chi connectivity index (χ4v) is 5.67. The molecule has 1 saturated heterocycles. The van der Waals surface area contributed by atoms with Gasteiger partial charge in [0.05, 0.1) is 23.6 Å². The van der Waals surface area contributed by atoms with Crippen molar-refractivity contribution in [3.63, 3.8) is 0 Å². The molecule has 0 radical (unpaired) electrons. The zero-order chi connectivity index (χ0) is 27.1. The summed E-state index contributed by atoms with van der Waals surface area (Å²) in [5, 5.41) is 26.4. The number of fused-ring (bicyclic) bond motifs is 1. The number of carbonyl (C=O) groups excluding carboxylic acids is 1. The minimum atomic E-state index is -0.473. The van der Waals surface area contributed by atoms with Gasteiger partial charge in [0, 0.05) is 67.2 Å². The van der Waals surface area contributed by atoms with Crippen molar-refractivity contribution < 1.29 is 9.90 Å². The number of aliphatic hydroxyl groups is 1.